The number of aromatic hydroxyl groups is 3. The molecule has 0 radical (unpaired) electrons. The van der Waals surface area contributed by atoms with Gasteiger partial charge < -0.3 is 56.2 Å². The minimum atomic E-state index is -1.73. The van der Waals surface area contributed by atoms with Gasteiger partial charge in [0.05, 0.1) is 6.61 Å². The van der Waals surface area contributed by atoms with E-state index in [-0.39, 0.29) is 34.4 Å². The van der Waals surface area contributed by atoms with E-state index in [0.29, 0.717) is 6.42 Å². The Morgan fingerprint density at radius 1 is 0.909 bits per heavy atom. The molecule has 1 aliphatic heterocycles. The second-order valence-electron chi connectivity index (χ2n) is 7.24. The van der Waals surface area contributed by atoms with Gasteiger partial charge in [-0.15, -0.1) is 0 Å². The Bertz CT molecular complexity index is 914. The molecule has 2 aromatic carbocycles. The van der Waals surface area contributed by atoms with E-state index >= 15 is 0 Å². The number of hydrogen-bond donors (Lipinski definition) is 7. The average molecular weight is 472 g/mol. The Balaban J connectivity index is 0.00000272. The molecule has 12 heteroatoms. The first-order valence-corrected chi connectivity index (χ1v) is 9.55. The van der Waals surface area contributed by atoms with Crippen molar-refractivity contribution >= 4 is 5.78 Å². The van der Waals surface area contributed by atoms with Gasteiger partial charge in [-0.25, -0.2) is 0 Å². The highest BCUT2D eigenvalue weighted by atomic mass is 16.7. The molecule has 0 saturated carbocycles. The molecule has 1 aliphatic rings. The van der Waals surface area contributed by atoms with Crippen LogP contribution >= 0.6 is 0 Å². The van der Waals surface area contributed by atoms with Crippen molar-refractivity contribution in [3.05, 3.63) is 47.5 Å². The Kier molecular flexibility index (Phi) is 10.0. The predicted octanol–water partition coefficient (Wildman–Crippen LogP) is -1.85. The van der Waals surface area contributed by atoms with E-state index in [9.17, 15) is 40.5 Å². The minimum Gasteiger partial charge on any atom is -0.508 e. The van der Waals surface area contributed by atoms with Crippen molar-refractivity contribution in [2.45, 2.75) is 43.5 Å². The summed E-state index contributed by atoms with van der Waals surface area (Å²) in [5, 5.41) is 68.6. The fourth-order valence-corrected chi connectivity index (χ4v) is 3.30. The van der Waals surface area contributed by atoms with Crippen molar-refractivity contribution in [3.63, 3.8) is 0 Å². The van der Waals surface area contributed by atoms with Gasteiger partial charge in [0.15, 0.2) is 5.78 Å². The normalized spacial score (nSPS) is 24.3. The maximum absolute atomic E-state index is 12.8. The zero-order valence-corrected chi connectivity index (χ0v) is 17.3. The molecule has 33 heavy (non-hydrogen) atoms. The zero-order valence-electron chi connectivity index (χ0n) is 17.3. The number of aliphatic hydroxyl groups excluding tert-OH is 4. The number of hydrogen-bond acceptors (Lipinski definition) is 10. The van der Waals surface area contributed by atoms with Crippen molar-refractivity contribution in [2.24, 2.45) is 0 Å². The molecule has 0 amide bonds. The molecule has 1 fully saturated rings. The summed E-state index contributed by atoms with van der Waals surface area (Å²) >= 11 is 0. The molecule has 1 heterocycles. The van der Waals surface area contributed by atoms with Gasteiger partial charge in [0.1, 0.15) is 53.0 Å². The van der Waals surface area contributed by atoms with Crippen LogP contribution in [0.2, 0.25) is 0 Å². The lowest BCUT2D eigenvalue weighted by Gasteiger charge is -2.39. The highest BCUT2D eigenvalue weighted by Gasteiger charge is 2.45. The van der Waals surface area contributed by atoms with Crippen LogP contribution in [0.15, 0.2) is 36.4 Å². The molecule has 5 atom stereocenters. The summed E-state index contributed by atoms with van der Waals surface area (Å²) in [6.45, 7) is -0.672. The summed E-state index contributed by atoms with van der Waals surface area (Å²) in [4.78, 5) is 12.8. The molecule has 2 aromatic rings. The van der Waals surface area contributed by atoms with E-state index < -0.39 is 54.6 Å². The summed E-state index contributed by atoms with van der Waals surface area (Å²) in [5.41, 5.74) is 0.495. The SMILES string of the molecule is O.O.O=C(CCc1ccc(O)cc1)c1c(O)cc(O)cc1OC1OC(CO)C(O)C(O)C1O. The number of carbonyl (C=O) groups is 1. The van der Waals surface area contributed by atoms with Gasteiger partial charge in [0.25, 0.3) is 0 Å². The number of phenolic OH excluding ortho intramolecular Hbond substituents is 3. The van der Waals surface area contributed by atoms with Crippen molar-refractivity contribution in [1.82, 2.24) is 0 Å². The lowest BCUT2D eigenvalue weighted by atomic mass is 9.99. The first-order valence-electron chi connectivity index (χ1n) is 9.55. The van der Waals surface area contributed by atoms with Crippen molar-refractivity contribution in [2.75, 3.05) is 6.61 Å². The molecule has 12 nitrogen and oxygen atoms in total. The molecule has 0 bridgehead atoms. The van der Waals surface area contributed by atoms with Crippen LogP contribution in [0.5, 0.6) is 23.0 Å². The fourth-order valence-electron chi connectivity index (χ4n) is 3.30. The Hall–Kier alpha value is -2.97. The molecule has 1 saturated heterocycles. The Morgan fingerprint density at radius 2 is 1.55 bits per heavy atom. The van der Waals surface area contributed by atoms with Crippen LogP contribution in [0.3, 0.4) is 0 Å². The smallest absolute Gasteiger partial charge is 0.229 e. The lowest BCUT2D eigenvalue weighted by molar-refractivity contribution is -0.277. The van der Waals surface area contributed by atoms with E-state index in [1.165, 1.54) is 12.1 Å². The molecule has 0 aromatic heterocycles. The van der Waals surface area contributed by atoms with Gasteiger partial charge in [-0.2, -0.15) is 0 Å². The fraction of sp³-hybridized carbons (Fsp3) is 0.381. The van der Waals surface area contributed by atoms with Crippen LogP contribution in [0, 0.1) is 0 Å². The summed E-state index contributed by atoms with van der Waals surface area (Å²) in [6.07, 6.45) is -7.61. The standard InChI is InChI=1S/C21H24O10.2H2O/c22-9-16-18(27)19(28)20(29)21(31-16)30-15-8-12(24)7-14(26)17(15)13(25)6-3-10-1-4-11(23)5-2-10;;/h1-2,4-5,7-8,16,18-24,26-29H,3,6,9H2;2*1H2. The predicted molar refractivity (Wildman–Crippen MR) is 112 cm³/mol. The quantitative estimate of drug-likeness (QED) is 0.222. The number of phenols is 3. The molecule has 184 valence electrons. The number of ether oxygens (including phenoxy) is 2. The van der Waals surface area contributed by atoms with Crippen molar-refractivity contribution in [1.29, 1.82) is 0 Å². The monoisotopic (exact) mass is 472 g/mol. The minimum absolute atomic E-state index is 0. The van der Waals surface area contributed by atoms with E-state index in [4.69, 9.17) is 9.47 Å². The molecule has 5 unspecified atom stereocenters. The van der Waals surface area contributed by atoms with Gasteiger partial charge in [0.2, 0.25) is 6.29 Å². The van der Waals surface area contributed by atoms with E-state index in [1.807, 2.05) is 0 Å². The van der Waals surface area contributed by atoms with Crippen LogP contribution in [0.1, 0.15) is 22.3 Å². The molecule has 11 N–H and O–H groups in total. The second-order valence-corrected chi connectivity index (χ2v) is 7.24. The van der Waals surface area contributed by atoms with Gasteiger partial charge in [0, 0.05) is 18.6 Å². The van der Waals surface area contributed by atoms with Crippen molar-refractivity contribution < 1.29 is 61.0 Å². The summed E-state index contributed by atoms with van der Waals surface area (Å²) < 4.78 is 10.7. The third kappa shape index (κ3) is 6.30. The second kappa shape index (κ2) is 11.8. The summed E-state index contributed by atoms with van der Waals surface area (Å²) in [7, 11) is 0. The number of aryl methyl sites for hydroxylation is 1. The van der Waals surface area contributed by atoms with Gasteiger partial charge in [-0.3, -0.25) is 4.79 Å². The van der Waals surface area contributed by atoms with E-state index in [2.05, 4.69) is 0 Å². The third-order valence-corrected chi connectivity index (χ3v) is 5.01. The average Bonchev–Trinajstić information content (AvgIpc) is 2.73. The zero-order chi connectivity index (χ0) is 22.7. The van der Waals surface area contributed by atoms with Crippen LogP contribution < -0.4 is 4.74 Å². The van der Waals surface area contributed by atoms with Gasteiger partial charge in [-0.1, -0.05) is 12.1 Å². The number of ketones is 1. The first kappa shape index (κ1) is 28.1. The molecular weight excluding hydrogens is 444 g/mol. The van der Waals surface area contributed by atoms with Gasteiger partial charge in [-0.05, 0) is 24.1 Å². The first-order chi connectivity index (χ1) is 14.7. The lowest BCUT2D eigenvalue weighted by Crippen LogP contribution is -2.60. The third-order valence-electron chi connectivity index (χ3n) is 5.01. The Morgan fingerprint density at radius 3 is 2.15 bits per heavy atom. The van der Waals surface area contributed by atoms with E-state index in [0.717, 1.165) is 17.7 Å². The number of rotatable bonds is 7. The van der Waals surface area contributed by atoms with Gasteiger partial charge >= 0.3 is 0 Å². The van der Waals surface area contributed by atoms with Crippen LogP contribution in [-0.2, 0) is 11.2 Å². The largest absolute Gasteiger partial charge is 0.508 e. The van der Waals surface area contributed by atoms with Crippen LogP contribution in [-0.4, -0.2) is 89.8 Å². The molecular formula is C21H28O12. The highest BCUT2D eigenvalue weighted by molar-refractivity contribution is 6.01. The van der Waals surface area contributed by atoms with Crippen LogP contribution in [0.25, 0.3) is 0 Å². The maximum Gasteiger partial charge on any atom is 0.229 e. The highest BCUT2D eigenvalue weighted by Crippen LogP contribution is 2.36. The summed E-state index contributed by atoms with van der Waals surface area (Å²) in [5.74, 6) is -1.74. The molecule has 3 rings (SSSR count). The summed E-state index contributed by atoms with van der Waals surface area (Å²) in [6, 6.07) is 8.23. The van der Waals surface area contributed by atoms with E-state index in [1.54, 1.807) is 12.1 Å². The number of aliphatic hydroxyl groups is 4. The molecule has 0 spiro atoms. The van der Waals surface area contributed by atoms with Crippen LogP contribution in [0.4, 0.5) is 0 Å². The topological polar surface area (TPSA) is 240 Å². The maximum atomic E-state index is 12.8. The number of Topliss-reactive ketones (excluding diaryl/α,β-unsaturated/α-hetero) is 1. The Labute approximate surface area is 188 Å². The van der Waals surface area contributed by atoms with Crippen molar-refractivity contribution in [3.8, 4) is 23.0 Å². The molecule has 0 aliphatic carbocycles. The number of benzene rings is 2. The number of carbonyl (C=O) groups excluding carboxylic acids is 1.